The highest BCUT2D eigenvalue weighted by Crippen LogP contribution is 2.06. The Morgan fingerprint density at radius 1 is 1.40 bits per heavy atom. The van der Waals surface area contributed by atoms with Gasteiger partial charge in [0.05, 0.1) is 6.10 Å². The van der Waals surface area contributed by atoms with E-state index in [0.717, 1.165) is 25.8 Å². The molecule has 2 N–H and O–H groups in total. The van der Waals surface area contributed by atoms with Crippen LogP contribution in [0.4, 0.5) is 0 Å². The Morgan fingerprint density at radius 3 is 2.50 bits per heavy atom. The van der Waals surface area contributed by atoms with Crippen LogP contribution in [0.2, 0.25) is 0 Å². The predicted octanol–water partition coefficient (Wildman–Crippen LogP) is 1.54. The highest BCUT2D eigenvalue weighted by atomic mass is 16.5. The summed E-state index contributed by atoms with van der Waals surface area (Å²) >= 11 is 0. The zero-order chi connectivity index (χ0) is 7.82. The molecule has 0 amide bonds. The van der Waals surface area contributed by atoms with E-state index in [1.807, 2.05) is 0 Å². The number of hydrogen-bond donors (Lipinski definition) is 1. The van der Waals surface area contributed by atoms with Gasteiger partial charge in [-0.1, -0.05) is 13.3 Å². The molecule has 10 heavy (non-hydrogen) atoms. The van der Waals surface area contributed by atoms with E-state index < -0.39 is 0 Å². The number of methoxy groups -OCH3 is 1. The first-order chi connectivity index (χ1) is 4.85. The molecule has 1 atom stereocenters. The van der Waals surface area contributed by atoms with Crippen LogP contribution < -0.4 is 5.73 Å². The molecule has 0 aliphatic heterocycles. The van der Waals surface area contributed by atoms with E-state index in [1.54, 1.807) is 7.11 Å². The summed E-state index contributed by atoms with van der Waals surface area (Å²) in [5, 5.41) is 0. The fourth-order valence-corrected chi connectivity index (χ4v) is 1.05. The molecular formula is C8H19NO. The van der Waals surface area contributed by atoms with Crippen molar-refractivity contribution in [3.8, 4) is 0 Å². The van der Waals surface area contributed by atoms with Gasteiger partial charge in [-0.05, 0) is 25.8 Å². The molecule has 1 unspecified atom stereocenters. The molecule has 2 nitrogen and oxygen atoms in total. The van der Waals surface area contributed by atoms with Gasteiger partial charge < -0.3 is 10.5 Å². The van der Waals surface area contributed by atoms with Gasteiger partial charge in [-0.25, -0.2) is 0 Å². The van der Waals surface area contributed by atoms with Crippen LogP contribution in [0, 0.1) is 0 Å². The third-order valence-corrected chi connectivity index (χ3v) is 1.67. The molecule has 0 heterocycles. The van der Waals surface area contributed by atoms with E-state index in [9.17, 15) is 0 Å². The van der Waals surface area contributed by atoms with Crippen LogP contribution in [-0.2, 0) is 4.74 Å². The number of ether oxygens (including phenoxy) is 1. The van der Waals surface area contributed by atoms with Crippen molar-refractivity contribution < 1.29 is 4.74 Å². The van der Waals surface area contributed by atoms with Gasteiger partial charge in [0.15, 0.2) is 0 Å². The molecule has 2 heteroatoms. The fourth-order valence-electron chi connectivity index (χ4n) is 1.05. The van der Waals surface area contributed by atoms with Crippen molar-refractivity contribution in [1.29, 1.82) is 0 Å². The number of nitrogens with two attached hydrogens (primary N) is 1. The standard InChI is InChI=1S/C8H19NO/c1-3-5-8(10-2)6-4-7-9/h8H,3-7,9H2,1-2H3. The summed E-state index contributed by atoms with van der Waals surface area (Å²) in [7, 11) is 1.77. The lowest BCUT2D eigenvalue weighted by atomic mass is 10.1. The molecule has 0 rings (SSSR count). The van der Waals surface area contributed by atoms with Crippen LogP contribution in [0.5, 0.6) is 0 Å². The molecule has 0 saturated carbocycles. The minimum atomic E-state index is 0.438. The molecule has 0 aromatic carbocycles. The van der Waals surface area contributed by atoms with Crippen molar-refractivity contribution in [2.24, 2.45) is 5.73 Å². The molecule has 0 aliphatic carbocycles. The molecule has 0 aromatic heterocycles. The maximum absolute atomic E-state index is 5.37. The van der Waals surface area contributed by atoms with Gasteiger partial charge >= 0.3 is 0 Å². The van der Waals surface area contributed by atoms with E-state index in [-0.39, 0.29) is 0 Å². The Labute approximate surface area is 63.7 Å². The second-order valence-electron chi connectivity index (χ2n) is 2.58. The Kier molecular flexibility index (Phi) is 6.98. The van der Waals surface area contributed by atoms with Gasteiger partial charge in [-0.3, -0.25) is 0 Å². The van der Waals surface area contributed by atoms with Crippen molar-refractivity contribution in [1.82, 2.24) is 0 Å². The first-order valence-corrected chi connectivity index (χ1v) is 4.08. The first-order valence-electron chi connectivity index (χ1n) is 4.08. The normalized spacial score (nSPS) is 13.5. The van der Waals surface area contributed by atoms with Crippen molar-refractivity contribution in [3.05, 3.63) is 0 Å². The summed E-state index contributed by atoms with van der Waals surface area (Å²) in [5.41, 5.74) is 5.37. The molecule has 0 fully saturated rings. The molecule has 0 radical (unpaired) electrons. The Balaban J connectivity index is 3.21. The smallest absolute Gasteiger partial charge is 0.0571 e. The summed E-state index contributed by atoms with van der Waals surface area (Å²) in [6, 6.07) is 0. The molecule has 0 saturated heterocycles. The van der Waals surface area contributed by atoms with Crippen LogP contribution in [0.15, 0.2) is 0 Å². The Hall–Kier alpha value is -0.0800. The largest absolute Gasteiger partial charge is 0.381 e. The summed E-state index contributed by atoms with van der Waals surface area (Å²) in [6.07, 6.45) is 4.99. The van der Waals surface area contributed by atoms with Crippen molar-refractivity contribution in [3.63, 3.8) is 0 Å². The van der Waals surface area contributed by atoms with Gasteiger partial charge in [-0.15, -0.1) is 0 Å². The average molecular weight is 145 g/mol. The van der Waals surface area contributed by atoms with E-state index in [4.69, 9.17) is 10.5 Å². The summed E-state index contributed by atoms with van der Waals surface area (Å²) in [5.74, 6) is 0. The molecule has 62 valence electrons. The zero-order valence-corrected chi connectivity index (χ0v) is 7.10. The van der Waals surface area contributed by atoms with Gasteiger partial charge in [0.2, 0.25) is 0 Å². The Bertz CT molecular complexity index is 66.3. The van der Waals surface area contributed by atoms with E-state index in [2.05, 4.69) is 6.92 Å². The Morgan fingerprint density at radius 2 is 2.10 bits per heavy atom. The minimum absolute atomic E-state index is 0.438. The first kappa shape index (κ1) is 9.92. The highest BCUT2D eigenvalue weighted by Gasteiger charge is 2.03. The second-order valence-corrected chi connectivity index (χ2v) is 2.58. The minimum Gasteiger partial charge on any atom is -0.381 e. The topological polar surface area (TPSA) is 35.2 Å². The third-order valence-electron chi connectivity index (χ3n) is 1.67. The number of rotatable bonds is 6. The third kappa shape index (κ3) is 4.77. The van der Waals surface area contributed by atoms with Gasteiger partial charge in [0.25, 0.3) is 0 Å². The SMILES string of the molecule is CCCC(CCCN)OC. The van der Waals surface area contributed by atoms with E-state index >= 15 is 0 Å². The quantitative estimate of drug-likeness (QED) is 0.615. The van der Waals surface area contributed by atoms with Crippen LogP contribution >= 0.6 is 0 Å². The van der Waals surface area contributed by atoms with Crippen LogP contribution in [0.1, 0.15) is 32.6 Å². The summed E-state index contributed by atoms with van der Waals surface area (Å²) in [6.45, 7) is 2.96. The van der Waals surface area contributed by atoms with Crippen LogP contribution in [0.25, 0.3) is 0 Å². The average Bonchev–Trinajstić information content (AvgIpc) is 1.98. The molecule has 0 aliphatic rings. The fraction of sp³-hybridized carbons (Fsp3) is 1.00. The molecule has 0 spiro atoms. The number of hydrogen-bond acceptors (Lipinski definition) is 2. The second kappa shape index (κ2) is 7.03. The molecule has 0 aromatic rings. The maximum atomic E-state index is 5.37. The van der Waals surface area contributed by atoms with Crippen molar-refractivity contribution in [2.75, 3.05) is 13.7 Å². The van der Waals surface area contributed by atoms with Crippen LogP contribution in [0.3, 0.4) is 0 Å². The van der Waals surface area contributed by atoms with E-state index in [1.165, 1.54) is 6.42 Å². The highest BCUT2D eigenvalue weighted by molar-refractivity contribution is 4.56. The zero-order valence-electron chi connectivity index (χ0n) is 7.10. The summed E-state index contributed by atoms with van der Waals surface area (Å²) < 4.78 is 5.24. The maximum Gasteiger partial charge on any atom is 0.0571 e. The van der Waals surface area contributed by atoms with E-state index in [0.29, 0.717) is 6.10 Å². The van der Waals surface area contributed by atoms with Crippen molar-refractivity contribution >= 4 is 0 Å². The molecule has 0 bridgehead atoms. The summed E-state index contributed by atoms with van der Waals surface area (Å²) in [4.78, 5) is 0. The lowest BCUT2D eigenvalue weighted by Gasteiger charge is -2.12. The van der Waals surface area contributed by atoms with Crippen LogP contribution in [-0.4, -0.2) is 19.8 Å². The van der Waals surface area contributed by atoms with Gasteiger partial charge in [-0.2, -0.15) is 0 Å². The lowest BCUT2D eigenvalue weighted by molar-refractivity contribution is 0.0862. The van der Waals surface area contributed by atoms with Crippen molar-refractivity contribution in [2.45, 2.75) is 38.7 Å². The predicted molar refractivity (Wildman–Crippen MR) is 44.0 cm³/mol. The lowest BCUT2D eigenvalue weighted by Crippen LogP contribution is -2.12. The monoisotopic (exact) mass is 145 g/mol. The molecular weight excluding hydrogens is 126 g/mol. The van der Waals surface area contributed by atoms with Gasteiger partial charge in [0, 0.05) is 7.11 Å². The van der Waals surface area contributed by atoms with Gasteiger partial charge in [0.1, 0.15) is 0 Å².